The van der Waals surface area contributed by atoms with E-state index in [1.54, 1.807) is 11.8 Å². The molecular formula is C22H33N6O3+. The number of rotatable bonds is 11. The summed E-state index contributed by atoms with van der Waals surface area (Å²) in [5, 5.41) is 22.8. The lowest BCUT2D eigenvalue weighted by Gasteiger charge is -2.27. The Labute approximate surface area is 182 Å². The molecule has 0 aliphatic heterocycles. The van der Waals surface area contributed by atoms with Crippen LogP contribution < -0.4 is 10.5 Å². The largest absolute Gasteiger partial charge is 0.396 e. The van der Waals surface area contributed by atoms with E-state index in [-0.39, 0.29) is 18.2 Å². The van der Waals surface area contributed by atoms with Crippen LogP contribution in [0.5, 0.6) is 0 Å². The van der Waals surface area contributed by atoms with Gasteiger partial charge >= 0.3 is 0 Å². The lowest BCUT2D eigenvalue weighted by atomic mass is 10.0. The summed E-state index contributed by atoms with van der Waals surface area (Å²) in [5.41, 5.74) is 3.75. The number of pyridine rings is 1. The van der Waals surface area contributed by atoms with E-state index in [0.29, 0.717) is 32.7 Å². The highest BCUT2D eigenvalue weighted by Crippen LogP contribution is 2.18. The number of aryl methyl sites for hydroxylation is 2. The zero-order chi connectivity index (χ0) is 22.4. The molecule has 0 fully saturated rings. The number of nitrogens with zero attached hydrogens (tertiary/aromatic N) is 4. The molecule has 2 heterocycles. The molecule has 2 aromatic heterocycles. The number of hydrogen-bond acceptors (Lipinski definition) is 6. The van der Waals surface area contributed by atoms with Crippen molar-refractivity contribution in [3.63, 3.8) is 0 Å². The number of methoxy groups -OCH3 is 1. The van der Waals surface area contributed by atoms with Gasteiger partial charge in [-0.15, -0.1) is 5.10 Å². The van der Waals surface area contributed by atoms with Crippen molar-refractivity contribution >= 4 is 10.9 Å². The van der Waals surface area contributed by atoms with E-state index in [9.17, 15) is 9.90 Å². The minimum Gasteiger partial charge on any atom is -0.396 e. The first kappa shape index (κ1) is 23.1. The van der Waals surface area contributed by atoms with E-state index >= 15 is 0 Å². The first-order valence-electron chi connectivity index (χ1n) is 10.8. The summed E-state index contributed by atoms with van der Waals surface area (Å²) in [7, 11) is 1.65. The average Bonchev–Trinajstić information content (AvgIpc) is 3.20. The highest BCUT2D eigenvalue weighted by Gasteiger charge is 2.29. The maximum atomic E-state index is 12.9. The number of H-pyrrole nitrogens is 1. The molecule has 0 radical (unpaired) electrons. The predicted octanol–water partition coefficient (Wildman–Crippen LogP) is 0.696. The number of aliphatic hydroxyl groups excluding tert-OH is 1. The van der Waals surface area contributed by atoms with E-state index in [0.717, 1.165) is 44.7 Å². The highest BCUT2D eigenvalue weighted by atomic mass is 16.5. The molecule has 0 saturated carbocycles. The van der Waals surface area contributed by atoms with Crippen molar-refractivity contribution in [2.24, 2.45) is 0 Å². The minimum absolute atomic E-state index is 0.00671. The van der Waals surface area contributed by atoms with Crippen LogP contribution in [0, 0.1) is 13.8 Å². The maximum Gasteiger partial charge on any atom is 0.257 e. The van der Waals surface area contributed by atoms with Gasteiger partial charge < -0.3 is 19.7 Å². The molecule has 31 heavy (non-hydrogen) atoms. The summed E-state index contributed by atoms with van der Waals surface area (Å²) in [4.78, 5) is 17.1. The Bertz CT molecular complexity index is 1060. The Hall–Kier alpha value is -2.62. The zero-order valence-corrected chi connectivity index (χ0v) is 18.8. The molecule has 2 atom stereocenters. The number of ether oxygens (including phenoxy) is 1. The highest BCUT2D eigenvalue weighted by molar-refractivity contribution is 5.82. The molecule has 0 aliphatic rings. The van der Waals surface area contributed by atoms with Crippen LogP contribution in [0.3, 0.4) is 0 Å². The standard InChI is InChI=1S/C22H32N6O3/c1-5-19(21-24-25-26-28(21)8-10-31-4)27(7-6-9-29)14-18-13-17-12-15(2)11-16(3)20(17)23-22(18)30/h11-13,19,29H,5-10,14H2,1-4H3,(H,23,30)/p+1/t19-/m1/s1. The second kappa shape index (κ2) is 10.6. The molecule has 0 aliphatic carbocycles. The van der Waals surface area contributed by atoms with Crippen molar-refractivity contribution in [3.05, 3.63) is 51.1 Å². The van der Waals surface area contributed by atoms with Gasteiger partial charge in [-0.25, -0.2) is 4.68 Å². The summed E-state index contributed by atoms with van der Waals surface area (Å²) >= 11 is 0. The molecule has 0 amide bonds. The molecular weight excluding hydrogens is 396 g/mol. The van der Waals surface area contributed by atoms with Gasteiger partial charge in [0.2, 0.25) is 5.82 Å². The molecule has 168 valence electrons. The Kier molecular flexibility index (Phi) is 7.89. The second-order valence-corrected chi connectivity index (χ2v) is 8.05. The van der Waals surface area contributed by atoms with Gasteiger partial charge in [-0.3, -0.25) is 4.79 Å². The number of fused-ring (bicyclic) bond motifs is 1. The van der Waals surface area contributed by atoms with Crippen LogP contribution in [0.1, 0.15) is 48.3 Å². The zero-order valence-electron chi connectivity index (χ0n) is 18.8. The number of aromatic nitrogens is 5. The number of hydrogen-bond donors (Lipinski definition) is 3. The first-order valence-corrected chi connectivity index (χ1v) is 10.8. The van der Waals surface area contributed by atoms with Crippen LogP contribution >= 0.6 is 0 Å². The predicted molar refractivity (Wildman–Crippen MR) is 118 cm³/mol. The van der Waals surface area contributed by atoms with E-state index < -0.39 is 0 Å². The summed E-state index contributed by atoms with van der Waals surface area (Å²) in [6, 6.07) is 6.16. The van der Waals surface area contributed by atoms with Crippen molar-refractivity contribution in [2.75, 3.05) is 26.9 Å². The van der Waals surface area contributed by atoms with Crippen LogP contribution in [-0.4, -0.2) is 57.2 Å². The number of aromatic amines is 1. The lowest BCUT2D eigenvalue weighted by Crippen LogP contribution is -3.11. The Morgan fingerprint density at radius 3 is 2.81 bits per heavy atom. The number of aliphatic hydroxyl groups is 1. The van der Waals surface area contributed by atoms with E-state index in [2.05, 4.69) is 46.5 Å². The first-order chi connectivity index (χ1) is 15.0. The van der Waals surface area contributed by atoms with Crippen LogP contribution in [0.25, 0.3) is 10.9 Å². The third-order valence-electron chi connectivity index (χ3n) is 5.72. The quantitative estimate of drug-likeness (QED) is 0.414. The van der Waals surface area contributed by atoms with Crippen LogP contribution in [0.15, 0.2) is 23.0 Å². The van der Waals surface area contributed by atoms with Crippen LogP contribution in [0.2, 0.25) is 0 Å². The average molecular weight is 430 g/mol. The van der Waals surface area contributed by atoms with Gasteiger partial charge in [0.05, 0.1) is 30.8 Å². The molecule has 0 saturated heterocycles. The van der Waals surface area contributed by atoms with Crippen molar-refractivity contribution in [3.8, 4) is 0 Å². The van der Waals surface area contributed by atoms with Gasteiger partial charge in [0.1, 0.15) is 12.6 Å². The van der Waals surface area contributed by atoms with Gasteiger partial charge in [0, 0.05) is 26.6 Å². The summed E-state index contributed by atoms with van der Waals surface area (Å²) in [6.45, 7) is 8.57. The van der Waals surface area contributed by atoms with Crippen LogP contribution in [0.4, 0.5) is 0 Å². The number of quaternary nitrogens is 1. The molecule has 3 aromatic rings. The fourth-order valence-corrected chi connectivity index (χ4v) is 4.25. The summed E-state index contributed by atoms with van der Waals surface area (Å²) in [5.74, 6) is 0.774. The number of tetrazole rings is 1. The molecule has 0 bridgehead atoms. The number of benzene rings is 1. The van der Waals surface area contributed by atoms with Gasteiger partial charge in [-0.05, 0) is 47.4 Å². The summed E-state index contributed by atoms with van der Waals surface area (Å²) < 4.78 is 6.95. The third kappa shape index (κ3) is 5.36. The van der Waals surface area contributed by atoms with Gasteiger partial charge in [-0.1, -0.05) is 18.6 Å². The van der Waals surface area contributed by atoms with E-state index in [1.807, 2.05) is 13.0 Å². The lowest BCUT2D eigenvalue weighted by molar-refractivity contribution is -0.946. The fourth-order valence-electron chi connectivity index (χ4n) is 4.25. The maximum absolute atomic E-state index is 12.9. The van der Waals surface area contributed by atoms with Crippen molar-refractivity contribution in [2.45, 2.75) is 52.7 Å². The third-order valence-corrected chi connectivity index (χ3v) is 5.72. The number of nitrogens with one attached hydrogen (secondary N) is 2. The molecule has 1 unspecified atom stereocenters. The van der Waals surface area contributed by atoms with Crippen molar-refractivity contribution in [1.29, 1.82) is 0 Å². The molecule has 0 spiro atoms. The smallest absolute Gasteiger partial charge is 0.257 e. The van der Waals surface area contributed by atoms with Crippen molar-refractivity contribution < 1.29 is 14.7 Å². The minimum atomic E-state index is -0.0743. The molecule has 9 nitrogen and oxygen atoms in total. The molecule has 3 rings (SSSR count). The molecule has 9 heteroatoms. The van der Waals surface area contributed by atoms with Gasteiger partial charge in [-0.2, -0.15) is 0 Å². The molecule has 1 aromatic carbocycles. The fraction of sp³-hybridized carbons (Fsp3) is 0.545. The molecule has 3 N–H and O–H groups in total. The van der Waals surface area contributed by atoms with E-state index in [1.165, 1.54) is 0 Å². The normalized spacial score (nSPS) is 13.6. The van der Waals surface area contributed by atoms with E-state index in [4.69, 9.17) is 4.74 Å². The SMILES string of the molecule is CC[C@H](c1nnnn1CCOC)[NH+](CCCO)Cc1cc2cc(C)cc(C)c2[nH]c1=O. The Morgan fingerprint density at radius 1 is 1.29 bits per heavy atom. The Balaban J connectivity index is 1.96. The van der Waals surface area contributed by atoms with Crippen LogP contribution in [-0.2, 0) is 17.8 Å². The van der Waals surface area contributed by atoms with Gasteiger partial charge in [0.25, 0.3) is 5.56 Å². The second-order valence-electron chi connectivity index (χ2n) is 8.05. The van der Waals surface area contributed by atoms with Gasteiger partial charge in [0.15, 0.2) is 0 Å². The monoisotopic (exact) mass is 429 g/mol. The topological polar surface area (TPSA) is 110 Å². The Morgan fingerprint density at radius 2 is 2.10 bits per heavy atom. The van der Waals surface area contributed by atoms with Crippen molar-refractivity contribution in [1.82, 2.24) is 25.2 Å². The summed E-state index contributed by atoms with van der Waals surface area (Å²) in [6.07, 6.45) is 1.44.